The van der Waals surface area contributed by atoms with Gasteiger partial charge >= 0.3 is 0 Å². The number of nitrogens with one attached hydrogen (secondary N) is 1. The summed E-state index contributed by atoms with van der Waals surface area (Å²) in [6.45, 7) is 2.02. The number of phenols is 2. The molecule has 0 aromatic heterocycles. The minimum Gasteiger partial charge on any atom is -0.504 e. The Morgan fingerprint density at radius 1 is 1.19 bits per heavy atom. The van der Waals surface area contributed by atoms with Gasteiger partial charge in [0.2, 0.25) is 0 Å². The third kappa shape index (κ3) is 4.34. The lowest BCUT2D eigenvalue weighted by Crippen LogP contribution is -2.40. The standard InChI is InChI=1S/C19H20Cl2N2O2S/c20-14-5-3-12(4-6-14)7-8-22-19(26)23-9-1-2-13-10-16(24)18(25)17(21)15(13)11-23/h3-6,10,24-25H,1-2,7-9,11H2,(H,22,26). The van der Waals surface area contributed by atoms with Gasteiger partial charge in [-0.15, -0.1) is 0 Å². The molecule has 3 rings (SSSR count). The Morgan fingerprint density at radius 3 is 2.65 bits per heavy atom. The number of hydrogen-bond donors (Lipinski definition) is 3. The maximum Gasteiger partial charge on any atom is 0.176 e. The summed E-state index contributed by atoms with van der Waals surface area (Å²) in [7, 11) is 0. The van der Waals surface area contributed by atoms with Crippen LogP contribution in [0.25, 0.3) is 0 Å². The van der Waals surface area contributed by atoms with E-state index in [9.17, 15) is 10.2 Å². The number of rotatable bonds is 3. The Balaban J connectivity index is 1.63. The van der Waals surface area contributed by atoms with Gasteiger partial charge < -0.3 is 20.4 Å². The van der Waals surface area contributed by atoms with Crippen LogP contribution in [-0.2, 0) is 19.4 Å². The van der Waals surface area contributed by atoms with Gasteiger partial charge in [-0.2, -0.15) is 0 Å². The summed E-state index contributed by atoms with van der Waals surface area (Å²) in [5.41, 5.74) is 2.97. The van der Waals surface area contributed by atoms with Gasteiger partial charge in [0.25, 0.3) is 0 Å². The number of benzene rings is 2. The topological polar surface area (TPSA) is 55.7 Å². The predicted octanol–water partition coefficient (Wildman–Crippen LogP) is 4.27. The molecular weight excluding hydrogens is 391 g/mol. The van der Waals surface area contributed by atoms with Crippen LogP contribution in [0.5, 0.6) is 11.5 Å². The molecule has 1 aliphatic rings. The van der Waals surface area contributed by atoms with Crippen molar-refractivity contribution in [3.05, 3.63) is 57.1 Å². The normalized spacial score (nSPS) is 13.8. The Bertz CT molecular complexity index is 812. The van der Waals surface area contributed by atoms with Crippen molar-refractivity contribution in [1.82, 2.24) is 10.2 Å². The number of aryl methyl sites for hydroxylation is 1. The minimum absolute atomic E-state index is 0.175. The second kappa shape index (κ2) is 8.33. The van der Waals surface area contributed by atoms with Crippen LogP contribution in [0.1, 0.15) is 23.1 Å². The number of halogens is 2. The first kappa shape index (κ1) is 19.1. The zero-order valence-corrected chi connectivity index (χ0v) is 16.5. The van der Waals surface area contributed by atoms with Crippen LogP contribution in [0.3, 0.4) is 0 Å². The number of fused-ring (bicyclic) bond motifs is 1. The molecule has 2 aromatic rings. The molecule has 7 heteroatoms. The molecule has 0 fully saturated rings. The van der Waals surface area contributed by atoms with Gasteiger partial charge in [0, 0.05) is 24.7 Å². The van der Waals surface area contributed by atoms with Gasteiger partial charge in [-0.3, -0.25) is 0 Å². The van der Waals surface area contributed by atoms with Gasteiger partial charge in [-0.05, 0) is 66.4 Å². The molecule has 0 radical (unpaired) electrons. The molecule has 4 nitrogen and oxygen atoms in total. The molecule has 138 valence electrons. The average molecular weight is 411 g/mol. The molecule has 0 saturated carbocycles. The summed E-state index contributed by atoms with van der Waals surface area (Å²) in [5, 5.41) is 24.6. The molecule has 2 aromatic carbocycles. The summed E-state index contributed by atoms with van der Waals surface area (Å²) < 4.78 is 0. The van der Waals surface area contributed by atoms with Crippen LogP contribution in [0.4, 0.5) is 0 Å². The van der Waals surface area contributed by atoms with Crippen molar-refractivity contribution in [1.29, 1.82) is 0 Å². The monoisotopic (exact) mass is 410 g/mol. The largest absolute Gasteiger partial charge is 0.504 e. The Kier molecular flexibility index (Phi) is 6.12. The summed E-state index contributed by atoms with van der Waals surface area (Å²) in [6.07, 6.45) is 2.52. The maximum absolute atomic E-state index is 9.91. The van der Waals surface area contributed by atoms with Crippen molar-refractivity contribution in [2.24, 2.45) is 0 Å². The molecule has 26 heavy (non-hydrogen) atoms. The second-order valence-corrected chi connectivity index (χ2v) is 7.53. The van der Waals surface area contributed by atoms with Crippen LogP contribution in [0.15, 0.2) is 30.3 Å². The van der Waals surface area contributed by atoms with Gasteiger partial charge in [0.05, 0.1) is 5.02 Å². The molecule has 0 unspecified atom stereocenters. The molecule has 0 spiro atoms. The molecule has 0 amide bonds. The Labute approximate surface area is 168 Å². The van der Waals surface area contributed by atoms with Crippen molar-refractivity contribution < 1.29 is 10.2 Å². The highest BCUT2D eigenvalue weighted by atomic mass is 35.5. The molecule has 3 N–H and O–H groups in total. The highest BCUT2D eigenvalue weighted by molar-refractivity contribution is 7.80. The molecule has 0 bridgehead atoms. The molecular formula is C19H20Cl2N2O2S. The van der Waals surface area contributed by atoms with E-state index < -0.39 is 0 Å². The van der Waals surface area contributed by atoms with Gasteiger partial charge in [0.1, 0.15) is 0 Å². The lowest BCUT2D eigenvalue weighted by atomic mass is 10.0. The quantitative estimate of drug-likeness (QED) is 0.520. The van der Waals surface area contributed by atoms with Gasteiger partial charge in [0.15, 0.2) is 16.6 Å². The van der Waals surface area contributed by atoms with E-state index in [4.69, 9.17) is 35.4 Å². The lowest BCUT2D eigenvalue weighted by Gasteiger charge is -2.25. The van der Waals surface area contributed by atoms with E-state index in [1.165, 1.54) is 5.56 Å². The van der Waals surface area contributed by atoms with Crippen LogP contribution >= 0.6 is 35.4 Å². The fraction of sp³-hybridized carbons (Fsp3) is 0.316. The van der Waals surface area contributed by atoms with Crippen LogP contribution in [-0.4, -0.2) is 33.3 Å². The van der Waals surface area contributed by atoms with E-state index in [1.54, 1.807) is 6.07 Å². The van der Waals surface area contributed by atoms with E-state index in [2.05, 4.69) is 5.32 Å². The summed E-state index contributed by atoms with van der Waals surface area (Å²) in [4.78, 5) is 2.05. The van der Waals surface area contributed by atoms with Gasteiger partial charge in [-0.25, -0.2) is 0 Å². The zero-order chi connectivity index (χ0) is 18.7. The van der Waals surface area contributed by atoms with E-state index in [-0.39, 0.29) is 16.5 Å². The zero-order valence-electron chi connectivity index (χ0n) is 14.1. The van der Waals surface area contributed by atoms with Crippen molar-refractivity contribution in [2.45, 2.75) is 25.8 Å². The van der Waals surface area contributed by atoms with Crippen LogP contribution in [0.2, 0.25) is 10.0 Å². The highest BCUT2D eigenvalue weighted by Crippen LogP contribution is 2.39. The number of phenolic OH excluding ortho intramolecular Hbond substituents is 2. The van der Waals surface area contributed by atoms with E-state index >= 15 is 0 Å². The van der Waals surface area contributed by atoms with Crippen molar-refractivity contribution in [2.75, 3.05) is 13.1 Å². The second-order valence-electron chi connectivity index (χ2n) is 6.33. The van der Waals surface area contributed by atoms with Crippen molar-refractivity contribution >= 4 is 40.5 Å². The Hall–Kier alpha value is -1.69. The summed E-state index contributed by atoms with van der Waals surface area (Å²) >= 11 is 17.7. The first-order valence-corrected chi connectivity index (χ1v) is 9.61. The molecule has 1 heterocycles. The van der Waals surface area contributed by atoms with Gasteiger partial charge in [-0.1, -0.05) is 35.3 Å². The molecule has 1 aliphatic heterocycles. The number of aromatic hydroxyl groups is 2. The number of nitrogens with zero attached hydrogens (tertiary/aromatic N) is 1. The predicted molar refractivity (Wildman–Crippen MR) is 109 cm³/mol. The van der Waals surface area contributed by atoms with E-state index in [1.807, 2.05) is 29.2 Å². The molecule has 0 atom stereocenters. The fourth-order valence-electron chi connectivity index (χ4n) is 3.09. The summed E-state index contributed by atoms with van der Waals surface area (Å²) in [5.74, 6) is -0.445. The SMILES string of the molecule is Oc1cc2c(c(Cl)c1O)CN(C(=S)NCCc1ccc(Cl)cc1)CCC2. The van der Waals surface area contributed by atoms with Crippen molar-refractivity contribution in [3.8, 4) is 11.5 Å². The lowest BCUT2D eigenvalue weighted by molar-refractivity contribution is 0.397. The smallest absolute Gasteiger partial charge is 0.176 e. The Morgan fingerprint density at radius 2 is 1.92 bits per heavy atom. The van der Waals surface area contributed by atoms with E-state index in [0.29, 0.717) is 11.7 Å². The third-order valence-electron chi connectivity index (χ3n) is 4.53. The fourth-order valence-corrected chi connectivity index (χ4v) is 3.75. The molecule has 0 saturated heterocycles. The van der Waals surface area contributed by atoms with Crippen LogP contribution < -0.4 is 5.32 Å². The maximum atomic E-state index is 9.91. The number of thiocarbonyl (C=S) groups is 1. The first-order chi connectivity index (χ1) is 12.5. The molecule has 0 aliphatic carbocycles. The highest BCUT2D eigenvalue weighted by Gasteiger charge is 2.22. The van der Waals surface area contributed by atoms with Crippen molar-refractivity contribution in [3.63, 3.8) is 0 Å². The number of hydrogen-bond acceptors (Lipinski definition) is 3. The van der Waals surface area contributed by atoms with Crippen LogP contribution in [0, 0.1) is 0 Å². The summed E-state index contributed by atoms with van der Waals surface area (Å²) in [6, 6.07) is 9.36. The average Bonchev–Trinajstić information content (AvgIpc) is 2.84. The van der Waals surface area contributed by atoms with E-state index in [0.717, 1.165) is 48.5 Å². The minimum atomic E-state index is -0.270. The first-order valence-electron chi connectivity index (χ1n) is 8.45. The third-order valence-corrected chi connectivity index (χ3v) is 5.59.